The monoisotopic (exact) mass is 474 g/mol. The number of para-hydroxylation sites is 1. The number of anilines is 2. The number of ether oxygens (including phenoxy) is 1. The van der Waals surface area contributed by atoms with Gasteiger partial charge in [0.2, 0.25) is 10.0 Å². The highest BCUT2D eigenvalue weighted by molar-refractivity contribution is 7.92. The van der Waals surface area contributed by atoms with E-state index in [0.29, 0.717) is 16.8 Å². The minimum Gasteiger partial charge on any atom is -0.465 e. The van der Waals surface area contributed by atoms with E-state index >= 15 is 0 Å². The number of hydrogen-bond acceptors (Lipinski definition) is 6. The van der Waals surface area contributed by atoms with Crippen molar-refractivity contribution in [1.29, 1.82) is 0 Å². The number of aryl methyl sites for hydroxylation is 1. The van der Waals surface area contributed by atoms with Gasteiger partial charge in [-0.1, -0.05) is 30.3 Å². The SMILES string of the molecule is COC(=O)c1ccc(CS(=O)(=O)Nc2ccc(S(=O)(=O)Nc3ccccc3C)cc2)cc1. The Morgan fingerprint density at radius 2 is 1.47 bits per heavy atom. The smallest absolute Gasteiger partial charge is 0.337 e. The van der Waals surface area contributed by atoms with Crippen LogP contribution in [0, 0.1) is 6.92 Å². The van der Waals surface area contributed by atoms with Gasteiger partial charge >= 0.3 is 5.97 Å². The Labute approximate surface area is 187 Å². The van der Waals surface area contributed by atoms with E-state index < -0.39 is 26.0 Å². The van der Waals surface area contributed by atoms with Gasteiger partial charge in [-0.05, 0) is 60.5 Å². The molecule has 3 aromatic carbocycles. The number of carbonyl (C=O) groups is 1. The van der Waals surface area contributed by atoms with Crippen molar-refractivity contribution in [1.82, 2.24) is 0 Å². The molecule has 0 aliphatic heterocycles. The number of methoxy groups -OCH3 is 1. The fourth-order valence-electron chi connectivity index (χ4n) is 2.88. The molecule has 0 aliphatic carbocycles. The largest absolute Gasteiger partial charge is 0.465 e. The summed E-state index contributed by atoms with van der Waals surface area (Å²) >= 11 is 0. The third kappa shape index (κ3) is 5.86. The molecule has 0 amide bonds. The van der Waals surface area contributed by atoms with Gasteiger partial charge in [0.25, 0.3) is 10.0 Å². The van der Waals surface area contributed by atoms with Gasteiger partial charge in [-0.15, -0.1) is 0 Å². The molecule has 0 bridgehead atoms. The summed E-state index contributed by atoms with van der Waals surface area (Å²) in [4.78, 5) is 11.5. The first kappa shape index (κ1) is 23.3. The number of hydrogen-bond donors (Lipinski definition) is 2. The van der Waals surface area contributed by atoms with Crippen molar-refractivity contribution in [2.75, 3.05) is 16.6 Å². The third-order valence-electron chi connectivity index (χ3n) is 4.56. The van der Waals surface area contributed by atoms with Crippen LogP contribution in [0.15, 0.2) is 77.7 Å². The molecule has 8 nitrogen and oxygen atoms in total. The van der Waals surface area contributed by atoms with Crippen LogP contribution in [-0.2, 0) is 30.5 Å². The van der Waals surface area contributed by atoms with Crippen LogP contribution >= 0.6 is 0 Å². The van der Waals surface area contributed by atoms with Crippen LogP contribution in [0.25, 0.3) is 0 Å². The number of sulfonamides is 2. The van der Waals surface area contributed by atoms with Crippen molar-refractivity contribution in [3.05, 3.63) is 89.5 Å². The highest BCUT2D eigenvalue weighted by Gasteiger charge is 2.17. The zero-order chi connectivity index (χ0) is 23.4. The quantitative estimate of drug-likeness (QED) is 0.482. The molecule has 32 heavy (non-hydrogen) atoms. The normalized spacial score (nSPS) is 11.6. The number of nitrogens with one attached hydrogen (secondary N) is 2. The Hall–Kier alpha value is -3.37. The third-order valence-corrected chi connectivity index (χ3v) is 7.20. The average molecular weight is 475 g/mol. The summed E-state index contributed by atoms with van der Waals surface area (Å²) in [5.74, 6) is -0.826. The van der Waals surface area contributed by atoms with E-state index in [0.717, 1.165) is 5.56 Å². The van der Waals surface area contributed by atoms with E-state index in [9.17, 15) is 21.6 Å². The summed E-state index contributed by atoms with van der Waals surface area (Å²) in [6, 6.07) is 18.4. The van der Waals surface area contributed by atoms with E-state index in [2.05, 4.69) is 14.2 Å². The van der Waals surface area contributed by atoms with E-state index in [-0.39, 0.29) is 16.3 Å². The molecule has 2 N–H and O–H groups in total. The minimum absolute atomic E-state index is 0.00194. The topological polar surface area (TPSA) is 119 Å². The molecule has 0 radical (unpaired) electrons. The van der Waals surface area contributed by atoms with E-state index in [1.807, 2.05) is 6.07 Å². The lowest BCUT2D eigenvalue weighted by molar-refractivity contribution is 0.0600. The van der Waals surface area contributed by atoms with Crippen LogP contribution in [0.4, 0.5) is 11.4 Å². The maximum atomic E-state index is 12.6. The second-order valence-electron chi connectivity index (χ2n) is 6.99. The van der Waals surface area contributed by atoms with Crippen LogP contribution in [0.3, 0.4) is 0 Å². The molecule has 0 spiro atoms. The highest BCUT2D eigenvalue weighted by Crippen LogP contribution is 2.21. The van der Waals surface area contributed by atoms with Gasteiger partial charge in [-0.25, -0.2) is 21.6 Å². The van der Waals surface area contributed by atoms with Crippen LogP contribution in [0.2, 0.25) is 0 Å². The fraction of sp³-hybridized carbons (Fsp3) is 0.136. The van der Waals surface area contributed by atoms with Gasteiger partial charge < -0.3 is 4.74 Å². The standard InChI is InChI=1S/C22H22N2O6S2/c1-16-5-3-4-6-21(16)24-32(28,29)20-13-11-19(12-14-20)23-31(26,27)15-17-7-9-18(10-8-17)22(25)30-2/h3-14,23-24H,15H2,1-2H3. The highest BCUT2D eigenvalue weighted by atomic mass is 32.2. The van der Waals surface area contributed by atoms with Gasteiger partial charge in [0.05, 0.1) is 29.0 Å². The molecular weight excluding hydrogens is 452 g/mol. The lowest BCUT2D eigenvalue weighted by Crippen LogP contribution is -2.16. The molecule has 0 saturated carbocycles. The first-order chi connectivity index (χ1) is 15.1. The van der Waals surface area contributed by atoms with Crippen molar-refractivity contribution in [2.45, 2.75) is 17.6 Å². The number of rotatable bonds is 8. The molecule has 168 valence electrons. The zero-order valence-electron chi connectivity index (χ0n) is 17.4. The van der Waals surface area contributed by atoms with E-state index in [1.54, 1.807) is 25.1 Å². The van der Waals surface area contributed by atoms with Crippen LogP contribution < -0.4 is 9.44 Å². The molecule has 10 heteroatoms. The average Bonchev–Trinajstić information content (AvgIpc) is 2.75. The summed E-state index contributed by atoms with van der Waals surface area (Å²) in [5, 5.41) is 0. The molecule has 0 aromatic heterocycles. The first-order valence-corrected chi connectivity index (χ1v) is 12.6. The number of carbonyl (C=O) groups excluding carboxylic acids is 1. The predicted molar refractivity (Wildman–Crippen MR) is 122 cm³/mol. The molecule has 0 saturated heterocycles. The van der Waals surface area contributed by atoms with Crippen LogP contribution in [0.1, 0.15) is 21.5 Å². The Morgan fingerprint density at radius 1 is 0.844 bits per heavy atom. The molecule has 0 unspecified atom stereocenters. The van der Waals surface area contributed by atoms with Gasteiger partial charge in [0.15, 0.2) is 0 Å². The maximum absolute atomic E-state index is 12.6. The Morgan fingerprint density at radius 3 is 2.06 bits per heavy atom. The Bertz CT molecular complexity index is 1320. The summed E-state index contributed by atoms with van der Waals surface area (Å²) in [6.07, 6.45) is 0. The van der Waals surface area contributed by atoms with Gasteiger partial charge in [0.1, 0.15) is 0 Å². The Balaban J connectivity index is 1.69. The summed E-state index contributed by atoms with van der Waals surface area (Å²) in [7, 11) is -6.32. The van der Waals surface area contributed by atoms with Gasteiger partial charge in [0, 0.05) is 5.69 Å². The van der Waals surface area contributed by atoms with Crippen molar-refractivity contribution < 1.29 is 26.4 Å². The van der Waals surface area contributed by atoms with Crippen molar-refractivity contribution in [2.24, 2.45) is 0 Å². The second kappa shape index (κ2) is 9.41. The molecule has 3 rings (SSSR count). The molecule has 0 fully saturated rings. The van der Waals surface area contributed by atoms with Crippen molar-refractivity contribution >= 4 is 37.4 Å². The van der Waals surface area contributed by atoms with E-state index in [4.69, 9.17) is 0 Å². The zero-order valence-corrected chi connectivity index (χ0v) is 19.0. The van der Waals surface area contributed by atoms with Crippen molar-refractivity contribution in [3.8, 4) is 0 Å². The minimum atomic E-state index is -3.82. The fourth-order valence-corrected chi connectivity index (χ4v) is 5.21. The second-order valence-corrected chi connectivity index (χ2v) is 10.4. The summed E-state index contributed by atoms with van der Waals surface area (Å²) in [5.41, 5.74) is 2.27. The molecule has 3 aromatic rings. The molecular formula is C22H22N2O6S2. The lowest BCUT2D eigenvalue weighted by atomic mass is 10.1. The van der Waals surface area contributed by atoms with Crippen molar-refractivity contribution in [3.63, 3.8) is 0 Å². The molecule has 0 atom stereocenters. The molecule has 0 aliphatic rings. The van der Waals surface area contributed by atoms with Gasteiger partial charge in [-0.3, -0.25) is 9.44 Å². The molecule has 0 heterocycles. The lowest BCUT2D eigenvalue weighted by Gasteiger charge is -2.12. The summed E-state index contributed by atoms with van der Waals surface area (Å²) < 4.78 is 59.7. The van der Waals surface area contributed by atoms with Crippen LogP contribution in [0.5, 0.6) is 0 Å². The Kier molecular flexibility index (Phi) is 6.85. The first-order valence-electron chi connectivity index (χ1n) is 9.46. The number of benzene rings is 3. The predicted octanol–water partition coefficient (Wildman–Crippen LogP) is 3.52. The number of esters is 1. The van der Waals surface area contributed by atoms with Gasteiger partial charge in [-0.2, -0.15) is 0 Å². The maximum Gasteiger partial charge on any atom is 0.337 e. The van der Waals surface area contributed by atoms with Crippen LogP contribution in [-0.4, -0.2) is 29.9 Å². The van der Waals surface area contributed by atoms with E-state index in [1.165, 1.54) is 55.6 Å². The summed E-state index contributed by atoms with van der Waals surface area (Å²) in [6.45, 7) is 1.79.